The number of esters is 1. The number of carbonyl (C=O) groups excluding carboxylic acids is 2. The van der Waals surface area contributed by atoms with E-state index in [1.807, 2.05) is 39.0 Å². The molecule has 0 unspecified atom stereocenters. The van der Waals surface area contributed by atoms with Crippen molar-refractivity contribution in [2.45, 2.75) is 27.7 Å². The highest BCUT2D eigenvalue weighted by Gasteiger charge is 2.10. The van der Waals surface area contributed by atoms with Crippen LogP contribution in [0.25, 0.3) is 0 Å². The summed E-state index contributed by atoms with van der Waals surface area (Å²) < 4.78 is 21.5. The fourth-order valence-electron chi connectivity index (χ4n) is 2.71. The van der Waals surface area contributed by atoms with Crippen LogP contribution in [-0.4, -0.2) is 44.5 Å². The summed E-state index contributed by atoms with van der Waals surface area (Å²) in [4.78, 5) is 23.5. The summed E-state index contributed by atoms with van der Waals surface area (Å²) in [5, 5.41) is 3.95. The lowest BCUT2D eigenvalue weighted by Crippen LogP contribution is -2.25. The van der Waals surface area contributed by atoms with Crippen molar-refractivity contribution in [2.75, 3.05) is 26.4 Å². The molecule has 0 saturated heterocycles. The van der Waals surface area contributed by atoms with Gasteiger partial charge in [-0.15, -0.1) is 0 Å². The summed E-state index contributed by atoms with van der Waals surface area (Å²) >= 11 is 0. The first-order chi connectivity index (χ1) is 14.9. The lowest BCUT2D eigenvalue weighted by atomic mass is 10.1. The van der Waals surface area contributed by atoms with Gasteiger partial charge in [0, 0.05) is 0 Å². The van der Waals surface area contributed by atoms with Gasteiger partial charge < -0.3 is 18.9 Å². The molecule has 0 fully saturated rings. The Bertz CT molecular complexity index is 906. The Labute approximate surface area is 182 Å². The van der Waals surface area contributed by atoms with Crippen LogP contribution in [0, 0.1) is 13.8 Å². The Kier molecular flexibility index (Phi) is 9.35. The number of benzene rings is 2. The number of para-hydroxylation sites is 1. The quantitative estimate of drug-likeness (QED) is 0.336. The van der Waals surface area contributed by atoms with Crippen molar-refractivity contribution in [3.8, 4) is 17.2 Å². The van der Waals surface area contributed by atoms with Gasteiger partial charge in [0.05, 0.1) is 19.4 Å². The number of amides is 1. The van der Waals surface area contributed by atoms with Gasteiger partial charge in [-0.25, -0.2) is 10.2 Å². The number of nitrogens with zero attached hydrogens (tertiary/aromatic N) is 1. The smallest absolute Gasteiger partial charge is 0.344 e. The molecule has 31 heavy (non-hydrogen) atoms. The van der Waals surface area contributed by atoms with Gasteiger partial charge in [0.1, 0.15) is 5.75 Å². The summed E-state index contributed by atoms with van der Waals surface area (Å²) in [6, 6.07) is 10.9. The van der Waals surface area contributed by atoms with E-state index in [-0.39, 0.29) is 25.7 Å². The minimum Gasteiger partial charge on any atom is -0.490 e. The number of hydrogen-bond acceptors (Lipinski definition) is 7. The molecule has 0 aliphatic carbocycles. The first-order valence-electron chi connectivity index (χ1n) is 10.0. The normalized spacial score (nSPS) is 10.6. The molecule has 166 valence electrons. The Morgan fingerprint density at radius 2 is 1.68 bits per heavy atom. The molecule has 0 heterocycles. The Morgan fingerprint density at radius 3 is 2.35 bits per heavy atom. The van der Waals surface area contributed by atoms with E-state index in [0.29, 0.717) is 29.4 Å². The Hall–Kier alpha value is -3.55. The van der Waals surface area contributed by atoms with Crippen LogP contribution in [0.2, 0.25) is 0 Å². The van der Waals surface area contributed by atoms with Crippen molar-refractivity contribution < 1.29 is 28.5 Å². The zero-order chi connectivity index (χ0) is 22.6. The van der Waals surface area contributed by atoms with Crippen molar-refractivity contribution in [1.29, 1.82) is 0 Å². The van der Waals surface area contributed by atoms with Crippen LogP contribution in [-0.2, 0) is 14.3 Å². The highest BCUT2D eigenvalue weighted by molar-refractivity contribution is 5.83. The van der Waals surface area contributed by atoms with Crippen molar-refractivity contribution in [2.24, 2.45) is 5.10 Å². The van der Waals surface area contributed by atoms with Crippen molar-refractivity contribution in [1.82, 2.24) is 5.43 Å². The van der Waals surface area contributed by atoms with E-state index in [2.05, 4.69) is 10.5 Å². The lowest BCUT2D eigenvalue weighted by Gasteiger charge is -2.12. The molecular formula is C23H28N2O6. The molecule has 0 spiro atoms. The molecule has 2 aromatic rings. The van der Waals surface area contributed by atoms with E-state index in [1.165, 1.54) is 6.21 Å². The minimum atomic E-state index is -0.457. The molecule has 1 amide bonds. The molecule has 8 nitrogen and oxygen atoms in total. The summed E-state index contributed by atoms with van der Waals surface area (Å²) in [7, 11) is 0. The van der Waals surface area contributed by atoms with Crippen LogP contribution < -0.4 is 19.6 Å². The third kappa shape index (κ3) is 7.65. The zero-order valence-corrected chi connectivity index (χ0v) is 18.3. The molecule has 0 saturated carbocycles. The number of ether oxygens (including phenoxy) is 4. The van der Waals surface area contributed by atoms with Crippen molar-refractivity contribution in [3.05, 3.63) is 53.1 Å². The molecule has 2 aromatic carbocycles. The summed E-state index contributed by atoms with van der Waals surface area (Å²) in [5.41, 5.74) is 5.04. The topological polar surface area (TPSA) is 95.5 Å². The number of rotatable bonds is 11. The number of hydrogen-bond donors (Lipinski definition) is 1. The summed E-state index contributed by atoms with van der Waals surface area (Å²) in [5.74, 6) is 0.736. The average Bonchev–Trinajstić information content (AvgIpc) is 2.73. The van der Waals surface area contributed by atoms with Gasteiger partial charge in [-0.1, -0.05) is 18.2 Å². The summed E-state index contributed by atoms with van der Waals surface area (Å²) in [6.07, 6.45) is 1.48. The van der Waals surface area contributed by atoms with E-state index in [9.17, 15) is 9.59 Å². The highest BCUT2D eigenvalue weighted by Crippen LogP contribution is 2.28. The maximum Gasteiger partial charge on any atom is 0.344 e. The van der Waals surface area contributed by atoms with Crippen LogP contribution >= 0.6 is 0 Å². The SMILES string of the molecule is CCOC(=O)COc1ccc(/C=N\NC(=O)COc2c(C)cccc2C)cc1OCC. The summed E-state index contributed by atoms with van der Waals surface area (Å²) in [6.45, 7) is 7.77. The predicted molar refractivity (Wildman–Crippen MR) is 117 cm³/mol. The van der Waals surface area contributed by atoms with Gasteiger partial charge >= 0.3 is 5.97 Å². The monoisotopic (exact) mass is 428 g/mol. The largest absolute Gasteiger partial charge is 0.490 e. The van der Waals surface area contributed by atoms with E-state index >= 15 is 0 Å². The molecule has 0 atom stereocenters. The van der Waals surface area contributed by atoms with Crippen LogP contribution in [0.15, 0.2) is 41.5 Å². The van der Waals surface area contributed by atoms with E-state index in [0.717, 1.165) is 11.1 Å². The second-order valence-corrected chi connectivity index (χ2v) is 6.54. The maximum atomic E-state index is 12.0. The fourth-order valence-corrected chi connectivity index (χ4v) is 2.71. The highest BCUT2D eigenvalue weighted by atomic mass is 16.6. The number of carbonyl (C=O) groups is 2. The standard InChI is InChI=1S/C23H28N2O6/c1-5-28-20-12-18(10-11-19(20)30-15-22(27)29-6-2)13-24-25-21(26)14-31-23-16(3)8-7-9-17(23)4/h7-13H,5-6,14-15H2,1-4H3,(H,25,26)/b24-13-. The Morgan fingerprint density at radius 1 is 0.935 bits per heavy atom. The molecule has 8 heteroatoms. The number of aryl methyl sites for hydroxylation is 2. The molecule has 0 bridgehead atoms. The van der Waals surface area contributed by atoms with Crippen LogP contribution in [0.3, 0.4) is 0 Å². The molecule has 0 aromatic heterocycles. The van der Waals surface area contributed by atoms with E-state index in [4.69, 9.17) is 18.9 Å². The number of nitrogens with one attached hydrogen (secondary N) is 1. The van der Waals surface area contributed by atoms with Crippen LogP contribution in [0.5, 0.6) is 17.2 Å². The maximum absolute atomic E-state index is 12.0. The first-order valence-corrected chi connectivity index (χ1v) is 10.0. The van der Waals surface area contributed by atoms with Crippen molar-refractivity contribution >= 4 is 18.1 Å². The van der Waals surface area contributed by atoms with Gasteiger partial charge in [0.15, 0.2) is 24.7 Å². The predicted octanol–water partition coefficient (Wildman–Crippen LogP) is 3.17. The molecule has 2 rings (SSSR count). The molecule has 0 aliphatic rings. The molecule has 0 radical (unpaired) electrons. The first kappa shape index (κ1) is 23.7. The van der Waals surface area contributed by atoms with Gasteiger partial charge in [-0.05, 0) is 62.6 Å². The minimum absolute atomic E-state index is 0.145. The second-order valence-electron chi connectivity index (χ2n) is 6.54. The van der Waals surface area contributed by atoms with E-state index in [1.54, 1.807) is 25.1 Å². The fraction of sp³-hybridized carbons (Fsp3) is 0.348. The number of hydrazone groups is 1. The van der Waals surface area contributed by atoms with Crippen LogP contribution in [0.4, 0.5) is 0 Å². The molecule has 0 aliphatic heterocycles. The van der Waals surface area contributed by atoms with Gasteiger partial charge in [-0.2, -0.15) is 5.10 Å². The third-order valence-electron chi connectivity index (χ3n) is 4.08. The van der Waals surface area contributed by atoms with Crippen LogP contribution in [0.1, 0.15) is 30.5 Å². The third-order valence-corrected chi connectivity index (χ3v) is 4.08. The molecule has 1 N–H and O–H groups in total. The van der Waals surface area contributed by atoms with Gasteiger partial charge in [0.25, 0.3) is 5.91 Å². The average molecular weight is 428 g/mol. The van der Waals surface area contributed by atoms with Crippen molar-refractivity contribution in [3.63, 3.8) is 0 Å². The zero-order valence-electron chi connectivity index (χ0n) is 18.3. The second kappa shape index (κ2) is 12.2. The molecular weight excluding hydrogens is 400 g/mol. The Balaban J connectivity index is 1.92. The van der Waals surface area contributed by atoms with Gasteiger partial charge in [-0.3, -0.25) is 4.79 Å². The van der Waals surface area contributed by atoms with E-state index < -0.39 is 5.97 Å². The van der Waals surface area contributed by atoms with Gasteiger partial charge in [0.2, 0.25) is 0 Å². The lowest BCUT2D eigenvalue weighted by molar-refractivity contribution is -0.145.